The van der Waals surface area contributed by atoms with Crippen molar-refractivity contribution in [1.29, 1.82) is 0 Å². The minimum Gasteiger partial charge on any atom is -0.496 e. The fraction of sp³-hybridized carbons (Fsp3) is 0.375. The summed E-state index contributed by atoms with van der Waals surface area (Å²) >= 11 is 0. The van der Waals surface area contributed by atoms with E-state index in [4.69, 9.17) is 9.47 Å². The lowest BCUT2D eigenvalue weighted by Crippen LogP contribution is -2.09. The van der Waals surface area contributed by atoms with Crippen LogP contribution in [0.3, 0.4) is 0 Å². The molecule has 118 valence electrons. The van der Waals surface area contributed by atoms with E-state index in [0.717, 1.165) is 36.7 Å². The Labute approximate surface area is 130 Å². The van der Waals surface area contributed by atoms with Crippen LogP contribution in [0.25, 0.3) is 0 Å². The molecule has 2 N–H and O–H groups in total. The fourth-order valence-electron chi connectivity index (χ4n) is 1.99. The molecule has 0 spiro atoms. The van der Waals surface area contributed by atoms with Crippen LogP contribution in [-0.2, 0) is 11.3 Å². The minimum atomic E-state index is 0.612. The van der Waals surface area contributed by atoms with Gasteiger partial charge in [0.25, 0.3) is 0 Å². The summed E-state index contributed by atoms with van der Waals surface area (Å²) in [5, 5.41) is 6.46. The maximum Gasteiger partial charge on any atom is 0.224 e. The van der Waals surface area contributed by atoms with Crippen LogP contribution in [0, 0.1) is 0 Å². The highest BCUT2D eigenvalue weighted by molar-refractivity contribution is 5.42. The van der Waals surface area contributed by atoms with Crippen LogP contribution in [-0.4, -0.2) is 37.3 Å². The molecule has 0 aliphatic heterocycles. The lowest BCUT2D eigenvalue weighted by atomic mass is 10.2. The van der Waals surface area contributed by atoms with Crippen LogP contribution in [0.2, 0.25) is 0 Å². The summed E-state index contributed by atoms with van der Waals surface area (Å²) in [5.41, 5.74) is 1.08. The number of ether oxygens (including phenoxy) is 2. The molecule has 0 saturated heterocycles. The van der Waals surface area contributed by atoms with Gasteiger partial charge in [0.1, 0.15) is 11.6 Å². The number of aromatic nitrogens is 2. The van der Waals surface area contributed by atoms with Gasteiger partial charge in [-0.25, -0.2) is 4.98 Å². The van der Waals surface area contributed by atoms with Gasteiger partial charge in [-0.2, -0.15) is 4.98 Å². The first-order chi connectivity index (χ1) is 10.8. The van der Waals surface area contributed by atoms with Gasteiger partial charge in [0.15, 0.2) is 0 Å². The van der Waals surface area contributed by atoms with Crippen molar-refractivity contribution >= 4 is 11.8 Å². The topological polar surface area (TPSA) is 68.3 Å². The lowest BCUT2D eigenvalue weighted by molar-refractivity contribution is 0.197. The molecule has 2 aromatic rings. The van der Waals surface area contributed by atoms with E-state index in [1.165, 1.54) is 0 Å². The Bertz CT molecular complexity index is 578. The summed E-state index contributed by atoms with van der Waals surface area (Å²) in [6.07, 6.45) is 2.65. The van der Waals surface area contributed by atoms with Crippen molar-refractivity contribution < 1.29 is 9.47 Å². The predicted octanol–water partition coefficient (Wildman–Crippen LogP) is 2.55. The van der Waals surface area contributed by atoms with Crippen LogP contribution in [0.4, 0.5) is 11.8 Å². The van der Waals surface area contributed by atoms with Crippen LogP contribution in [0.1, 0.15) is 12.0 Å². The number of methoxy groups -OCH3 is 2. The molecular weight excluding hydrogens is 280 g/mol. The predicted molar refractivity (Wildman–Crippen MR) is 87.3 cm³/mol. The highest BCUT2D eigenvalue weighted by atomic mass is 16.5. The van der Waals surface area contributed by atoms with E-state index >= 15 is 0 Å². The van der Waals surface area contributed by atoms with Crippen LogP contribution in [0.15, 0.2) is 36.5 Å². The molecule has 0 atom stereocenters. The van der Waals surface area contributed by atoms with E-state index in [0.29, 0.717) is 12.5 Å². The van der Waals surface area contributed by atoms with E-state index in [1.54, 1.807) is 20.4 Å². The van der Waals surface area contributed by atoms with Crippen molar-refractivity contribution in [2.75, 3.05) is 38.0 Å². The van der Waals surface area contributed by atoms with Crippen molar-refractivity contribution in [3.63, 3.8) is 0 Å². The molecule has 1 aromatic heterocycles. The molecule has 0 bridgehead atoms. The average molecular weight is 302 g/mol. The molecule has 0 amide bonds. The zero-order valence-electron chi connectivity index (χ0n) is 13.0. The Morgan fingerprint density at radius 2 is 1.95 bits per heavy atom. The molecule has 0 radical (unpaired) electrons. The fourth-order valence-corrected chi connectivity index (χ4v) is 1.99. The monoisotopic (exact) mass is 302 g/mol. The first-order valence-electron chi connectivity index (χ1n) is 7.25. The maximum absolute atomic E-state index is 5.34. The SMILES string of the molecule is COCCCNc1nccc(NCc2ccccc2OC)n1. The number of anilines is 2. The van der Waals surface area contributed by atoms with Crippen LogP contribution in [0.5, 0.6) is 5.75 Å². The second-order valence-corrected chi connectivity index (χ2v) is 4.70. The quantitative estimate of drug-likeness (QED) is 0.694. The van der Waals surface area contributed by atoms with Gasteiger partial charge in [0.05, 0.1) is 7.11 Å². The van der Waals surface area contributed by atoms with Crippen molar-refractivity contribution in [2.24, 2.45) is 0 Å². The van der Waals surface area contributed by atoms with E-state index in [-0.39, 0.29) is 0 Å². The van der Waals surface area contributed by atoms with Gasteiger partial charge in [0.2, 0.25) is 5.95 Å². The van der Waals surface area contributed by atoms with Gasteiger partial charge in [-0.15, -0.1) is 0 Å². The number of para-hydroxylation sites is 1. The normalized spacial score (nSPS) is 10.3. The van der Waals surface area contributed by atoms with Crippen molar-refractivity contribution in [3.05, 3.63) is 42.1 Å². The highest BCUT2D eigenvalue weighted by Gasteiger charge is 2.03. The van der Waals surface area contributed by atoms with Crippen molar-refractivity contribution in [3.8, 4) is 5.75 Å². The van der Waals surface area contributed by atoms with Gasteiger partial charge < -0.3 is 20.1 Å². The summed E-state index contributed by atoms with van der Waals surface area (Å²) < 4.78 is 10.3. The van der Waals surface area contributed by atoms with Gasteiger partial charge in [-0.1, -0.05) is 18.2 Å². The standard InChI is InChI=1S/C16H22N4O2/c1-21-11-5-9-17-16-18-10-8-15(20-16)19-12-13-6-3-4-7-14(13)22-2/h3-4,6-8,10H,5,9,11-12H2,1-2H3,(H2,17,18,19,20). The molecule has 22 heavy (non-hydrogen) atoms. The Kier molecular flexibility index (Phi) is 6.44. The van der Waals surface area contributed by atoms with Gasteiger partial charge in [-0.05, 0) is 18.6 Å². The first-order valence-corrected chi connectivity index (χ1v) is 7.25. The third-order valence-electron chi connectivity index (χ3n) is 3.12. The summed E-state index contributed by atoms with van der Waals surface area (Å²) in [4.78, 5) is 8.62. The van der Waals surface area contributed by atoms with Crippen LogP contribution >= 0.6 is 0 Å². The van der Waals surface area contributed by atoms with Crippen molar-refractivity contribution in [1.82, 2.24) is 9.97 Å². The largest absolute Gasteiger partial charge is 0.496 e. The molecule has 0 unspecified atom stereocenters. The number of rotatable bonds is 9. The molecule has 6 nitrogen and oxygen atoms in total. The van der Waals surface area contributed by atoms with E-state index in [1.807, 2.05) is 30.3 Å². The molecule has 0 aliphatic rings. The zero-order chi connectivity index (χ0) is 15.6. The molecule has 1 aromatic carbocycles. The van der Waals surface area contributed by atoms with Gasteiger partial charge in [0, 0.05) is 38.6 Å². The molecule has 2 rings (SSSR count). The minimum absolute atomic E-state index is 0.612. The third-order valence-corrected chi connectivity index (χ3v) is 3.12. The number of nitrogens with zero attached hydrogens (tertiary/aromatic N) is 2. The number of benzene rings is 1. The highest BCUT2D eigenvalue weighted by Crippen LogP contribution is 2.18. The number of nitrogens with one attached hydrogen (secondary N) is 2. The molecule has 0 fully saturated rings. The molecule has 0 saturated carbocycles. The lowest BCUT2D eigenvalue weighted by Gasteiger charge is -2.11. The Morgan fingerprint density at radius 3 is 2.77 bits per heavy atom. The van der Waals surface area contributed by atoms with E-state index in [2.05, 4.69) is 20.6 Å². The summed E-state index contributed by atoms with van der Waals surface area (Å²) in [7, 11) is 3.37. The average Bonchev–Trinajstić information content (AvgIpc) is 2.57. The van der Waals surface area contributed by atoms with Crippen LogP contribution < -0.4 is 15.4 Å². The second kappa shape index (κ2) is 8.84. The Hall–Kier alpha value is -2.34. The van der Waals surface area contributed by atoms with E-state index < -0.39 is 0 Å². The number of hydrogen-bond donors (Lipinski definition) is 2. The third kappa shape index (κ3) is 4.89. The maximum atomic E-state index is 5.34. The molecule has 6 heteroatoms. The first kappa shape index (κ1) is 16.0. The number of hydrogen-bond acceptors (Lipinski definition) is 6. The Morgan fingerprint density at radius 1 is 1.09 bits per heavy atom. The van der Waals surface area contributed by atoms with Gasteiger partial charge in [-0.3, -0.25) is 0 Å². The van der Waals surface area contributed by atoms with Gasteiger partial charge >= 0.3 is 0 Å². The van der Waals surface area contributed by atoms with Crippen molar-refractivity contribution in [2.45, 2.75) is 13.0 Å². The molecular formula is C16H22N4O2. The smallest absolute Gasteiger partial charge is 0.224 e. The zero-order valence-corrected chi connectivity index (χ0v) is 13.0. The summed E-state index contributed by atoms with van der Waals surface area (Å²) in [5.74, 6) is 2.25. The molecule has 0 aliphatic carbocycles. The summed E-state index contributed by atoms with van der Waals surface area (Å²) in [6, 6.07) is 9.75. The second-order valence-electron chi connectivity index (χ2n) is 4.70. The Balaban J connectivity index is 1.90. The molecule has 1 heterocycles. The van der Waals surface area contributed by atoms with E-state index in [9.17, 15) is 0 Å². The summed E-state index contributed by atoms with van der Waals surface area (Å²) in [6.45, 7) is 2.15.